The van der Waals surface area contributed by atoms with Gasteiger partial charge >= 0.3 is 5.97 Å². The second-order valence-corrected chi connectivity index (χ2v) is 8.60. The Morgan fingerprint density at radius 3 is 2.23 bits per heavy atom. The summed E-state index contributed by atoms with van der Waals surface area (Å²) in [6, 6.07) is 25.0. The van der Waals surface area contributed by atoms with Crippen LogP contribution in [0.4, 0.5) is 0 Å². The van der Waals surface area contributed by atoms with Crippen molar-refractivity contribution in [2.75, 3.05) is 7.11 Å². The van der Waals surface area contributed by atoms with E-state index in [0.717, 1.165) is 16.7 Å². The van der Waals surface area contributed by atoms with E-state index < -0.39 is 12.1 Å². The minimum absolute atomic E-state index is 0.0496. The number of nitrogens with zero attached hydrogens (tertiary/aromatic N) is 1. The van der Waals surface area contributed by atoms with Crippen molar-refractivity contribution in [3.05, 3.63) is 90.0 Å². The van der Waals surface area contributed by atoms with Crippen LogP contribution in [0.3, 0.4) is 0 Å². The van der Waals surface area contributed by atoms with Crippen molar-refractivity contribution in [3.8, 4) is 22.4 Å². The van der Waals surface area contributed by atoms with Crippen molar-refractivity contribution < 1.29 is 19.4 Å². The summed E-state index contributed by atoms with van der Waals surface area (Å²) in [5, 5.41) is 10.4. The third-order valence-electron chi connectivity index (χ3n) is 6.18. The molecule has 0 aliphatic heterocycles. The van der Waals surface area contributed by atoms with E-state index in [-0.39, 0.29) is 12.2 Å². The molecule has 1 atom stereocenters. The number of fused-ring (bicyclic) bond motifs is 1. The van der Waals surface area contributed by atoms with E-state index in [1.807, 2.05) is 85.8 Å². The number of aromatic nitrogens is 1. The van der Waals surface area contributed by atoms with Crippen molar-refractivity contribution in [2.24, 2.45) is 0 Å². The minimum atomic E-state index is -0.462. The number of aliphatic hydroxyl groups excluding tert-OH is 1. The number of pyridine rings is 1. The van der Waals surface area contributed by atoms with E-state index in [9.17, 15) is 14.7 Å². The van der Waals surface area contributed by atoms with Crippen LogP contribution in [-0.4, -0.2) is 35.1 Å². The monoisotopic (exact) mass is 467 g/mol. The lowest BCUT2D eigenvalue weighted by molar-refractivity contribution is -0.119. The number of aliphatic hydroxyl groups is 1. The fraction of sp³-hybridized carbons (Fsp3) is 0.233. The Bertz CT molecular complexity index is 1330. The van der Waals surface area contributed by atoms with Gasteiger partial charge in [0.25, 0.3) is 0 Å². The highest BCUT2D eigenvalue weighted by Gasteiger charge is 2.24. The maximum atomic E-state index is 13.2. The quantitative estimate of drug-likeness (QED) is 0.305. The number of benzene rings is 3. The van der Waals surface area contributed by atoms with Gasteiger partial charge in [-0.3, -0.25) is 4.79 Å². The van der Waals surface area contributed by atoms with E-state index in [2.05, 4.69) is 0 Å². The highest BCUT2D eigenvalue weighted by molar-refractivity contribution is 6.12. The smallest absolute Gasteiger partial charge is 0.339 e. The molecule has 0 fully saturated rings. The number of ether oxygens (including phenoxy) is 1. The summed E-state index contributed by atoms with van der Waals surface area (Å²) < 4.78 is 5.23. The Labute approximate surface area is 205 Å². The largest absolute Gasteiger partial charge is 0.465 e. The Kier molecular flexibility index (Phi) is 7.68. The van der Waals surface area contributed by atoms with Crippen molar-refractivity contribution >= 4 is 22.7 Å². The van der Waals surface area contributed by atoms with Crippen LogP contribution in [0.2, 0.25) is 0 Å². The summed E-state index contributed by atoms with van der Waals surface area (Å²) in [4.78, 5) is 30.7. The Morgan fingerprint density at radius 2 is 1.60 bits per heavy atom. The highest BCUT2D eigenvalue weighted by atomic mass is 16.5. The first-order valence-electron chi connectivity index (χ1n) is 11.9. The molecule has 0 saturated heterocycles. The first kappa shape index (κ1) is 24.3. The van der Waals surface area contributed by atoms with Crippen molar-refractivity contribution in [2.45, 2.75) is 38.7 Å². The van der Waals surface area contributed by atoms with E-state index >= 15 is 0 Å². The van der Waals surface area contributed by atoms with Gasteiger partial charge in [0.05, 0.1) is 30.0 Å². The molecule has 0 spiro atoms. The zero-order valence-corrected chi connectivity index (χ0v) is 20.0. The number of hydrogen-bond acceptors (Lipinski definition) is 5. The predicted molar refractivity (Wildman–Crippen MR) is 138 cm³/mol. The summed E-state index contributed by atoms with van der Waals surface area (Å²) in [6.45, 7) is 1.90. The van der Waals surface area contributed by atoms with Crippen LogP contribution >= 0.6 is 0 Å². The summed E-state index contributed by atoms with van der Waals surface area (Å²) in [6.07, 6.45) is 1.17. The topological polar surface area (TPSA) is 76.5 Å². The number of carbonyl (C=O) groups is 2. The molecule has 1 heterocycles. The second kappa shape index (κ2) is 11.1. The lowest BCUT2D eigenvalue weighted by atomic mass is 9.90. The molecule has 4 aromatic rings. The van der Waals surface area contributed by atoms with Crippen LogP contribution in [-0.2, 0) is 16.0 Å². The van der Waals surface area contributed by atoms with Gasteiger partial charge in [-0.2, -0.15) is 0 Å². The first-order chi connectivity index (χ1) is 17.0. The van der Waals surface area contributed by atoms with Crippen molar-refractivity contribution in [1.82, 2.24) is 4.98 Å². The molecular weight excluding hydrogens is 438 g/mol. The molecule has 1 aromatic heterocycles. The summed E-state index contributed by atoms with van der Waals surface area (Å²) in [5.41, 5.74) is 5.03. The average Bonchev–Trinajstić information content (AvgIpc) is 2.91. The standard InChI is InChI=1S/C30H29NO4/c1-3-23(32)15-16-24(33)18-20-14-17-26-25(19-20)28(30(34)35-2)27(21-10-6-4-7-11-21)29(31-26)22-12-8-5-9-13-22/h4-14,17,19,23,32H,3,15-16,18H2,1-2H3. The van der Waals surface area contributed by atoms with E-state index in [1.54, 1.807) is 0 Å². The van der Waals surface area contributed by atoms with Gasteiger partial charge in [0.15, 0.2) is 0 Å². The van der Waals surface area contributed by atoms with Gasteiger partial charge in [0, 0.05) is 29.4 Å². The van der Waals surface area contributed by atoms with Gasteiger partial charge < -0.3 is 9.84 Å². The Balaban J connectivity index is 1.89. The molecule has 178 valence electrons. The molecular formula is C30H29NO4. The van der Waals surface area contributed by atoms with Crippen molar-refractivity contribution in [3.63, 3.8) is 0 Å². The summed E-state index contributed by atoms with van der Waals surface area (Å²) in [5.74, 6) is -0.406. The van der Waals surface area contributed by atoms with E-state index in [1.165, 1.54) is 7.11 Å². The van der Waals surface area contributed by atoms with Gasteiger partial charge in [-0.25, -0.2) is 9.78 Å². The third-order valence-corrected chi connectivity index (χ3v) is 6.18. The summed E-state index contributed by atoms with van der Waals surface area (Å²) in [7, 11) is 1.37. The molecule has 3 aromatic carbocycles. The lowest BCUT2D eigenvalue weighted by Crippen LogP contribution is -2.11. The van der Waals surface area contributed by atoms with Crippen LogP contribution in [0.25, 0.3) is 33.3 Å². The number of ketones is 1. The zero-order chi connectivity index (χ0) is 24.8. The fourth-order valence-electron chi connectivity index (χ4n) is 4.27. The van der Waals surface area contributed by atoms with Crippen LogP contribution < -0.4 is 0 Å². The van der Waals surface area contributed by atoms with Gasteiger partial charge in [0.2, 0.25) is 0 Å². The second-order valence-electron chi connectivity index (χ2n) is 8.60. The predicted octanol–water partition coefficient (Wildman–Crippen LogP) is 6.02. The normalized spacial score (nSPS) is 11.9. The maximum absolute atomic E-state index is 13.2. The SMILES string of the molecule is CCC(O)CCC(=O)Cc1ccc2nc(-c3ccccc3)c(-c3ccccc3)c(C(=O)OC)c2c1. The maximum Gasteiger partial charge on any atom is 0.339 e. The number of esters is 1. The molecule has 0 aliphatic carbocycles. The van der Waals surface area contributed by atoms with Crippen LogP contribution in [0.1, 0.15) is 42.1 Å². The number of carbonyl (C=O) groups excluding carboxylic acids is 2. The van der Waals surface area contributed by atoms with Crippen molar-refractivity contribution in [1.29, 1.82) is 0 Å². The Morgan fingerprint density at radius 1 is 0.943 bits per heavy atom. The van der Waals surface area contributed by atoms with Crippen LogP contribution in [0.15, 0.2) is 78.9 Å². The Hall–Kier alpha value is -3.83. The molecule has 0 bridgehead atoms. The highest BCUT2D eigenvalue weighted by Crippen LogP contribution is 2.38. The number of Topliss-reactive ketones (excluding diaryl/α,β-unsaturated/α-hetero) is 1. The number of hydrogen-bond donors (Lipinski definition) is 1. The van der Waals surface area contributed by atoms with Gasteiger partial charge in [-0.1, -0.05) is 73.7 Å². The van der Waals surface area contributed by atoms with E-state index in [4.69, 9.17) is 9.72 Å². The third kappa shape index (κ3) is 5.47. The van der Waals surface area contributed by atoms with Gasteiger partial charge in [0.1, 0.15) is 5.78 Å². The molecule has 5 nitrogen and oxygen atoms in total. The molecule has 0 aliphatic rings. The molecule has 0 amide bonds. The average molecular weight is 468 g/mol. The zero-order valence-electron chi connectivity index (χ0n) is 20.0. The first-order valence-corrected chi connectivity index (χ1v) is 11.9. The van der Waals surface area contributed by atoms with Gasteiger partial charge in [-0.15, -0.1) is 0 Å². The molecule has 1 unspecified atom stereocenters. The molecule has 4 rings (SSSR count). The van der Waals surface area contributed by atoms with Crippen LogP contribution in [0.5, 0.6) is 0 Å². The fourth-order valence-corrected chi connectivity index (χ4v) is 4.27. The number of methoxy groups -OCH3 is 1. The number of rotatable bonds is 9. The molecule has 0 saturated carbocycles. The van der Waals surface area contributed by atoms with E-state index in [0.29, 0.717) is 47.0 Å². The molecule has 35 heavy (non-hydrogen) atoms. The molecule has 0 radical (unpaired) electrons. The lowest BCUT2D eigenvalue weighted by Gasteiger charge is -2.17. The molecule has 5 heteroatoms. The molecule has 1 N–H and O–H groups in total. The summed E-state index contributed by atoms with van der Waals surface area (Å²) >= 11 is 0. The van der Waals surface area contributed by atoms with Crippen LogP contribution in [0, 0.1) is 0 Å². The minimum Gasteiger partial charge on any atom is -0.465 e. The van der Waals surface area contributed by atoms with Gasteiger partial charge in [-0.05, 0) is 36.1 Å².